The Labute approximate surface area is 116 Å². The van der Waals surface area contributed by atoms with Gasteiger partial charge in [-0.15, -0.1) is 0 Å². The first-order valence-corrected chi connectivity index (χ1v) is 6.59. The predicted molar refractivity (Wildman–Crippen MR) is 68.1 cm³/mol. The Morgan fingerprint density at radius 1 is 1.45 bits per heavy atom. The number of aliphatic hydroxyl groups excluding tert-OH is 1. The molecule has 1 aromatic carbocycles. The third-order valence-corrected chi connectivity index (χ3v) is 3.61. The van der Waals surface area contributed by atoms with Crippen molar-refractivity contribution in [3.63, 3.8) is 0 Å². The second-order valence-electron chi connectivity index (χ2n) is 5.17. The van der Waals surface area contributed by atoms with Crippen molar-refractivity contribution in [1.29, 1.82) is 0 Å². The van der Waals surface area contributed by atoms with Gasteiger partial charge in [0.25, 0.3) is 0 Å². The molecule has 6 heteroatoms. The smallest absolute Gasteiger partial charge is 0.387 e. The molecule has 1 N–H and O–H groups in total. The van der Waals surface area contributed by atoms with Gasteiger partial charge in [-0.05, 0) is 43.5 Å². The minimum absolute atomic E-state index is 0.237. The number of ether oxygens (including phenoxy) is 1. The molecule has 0 aromatic heterocycles. The molecule has 3 nitrogen and oxygen atoms in total. The molecule has 112 valence electrons. The molecule has 0 radical (unpaired) electrons. The molecule has 20 heavy (non-hydrogen) atoms. The van der Waals surface area contributed by atoms with Crippen LogP contribution in [0.5, 0.6) is 5.75 Å². The number of aliphatic hydroxyl groups is 1. The number of rotatable bonds is 5. The van der Waals surface area contributed by atoms with E-state index in [9.17, 15) is 18.3 Å². The van der Waals surface area contributed by atoms with E-state index in [1.165, 1.54) is 12.1 Å². The van der Waals surface area contributed by atoms with Crippen molar-refractivity contribution in [2.45, 2.75) is 32.6 Å². The summed E-state index contributed by atoms with van der Waals surface area (Å²) in [7, 11) is 0. The number of likely N-dealkylation sites (tertiary alicyclic amines) is 1. The Balaban J connectivity index is 1.96. The molecule has 0 amide bonds. The van der Waals surface area contributed by atoms with Crippen molar-refractivity contribution in [2.75, 3.05) is 13.1 Å². The summed E-state index contributed by atoms with van der Waals surface area (Å²) in [4.78, 5) is 2.11. The Morgan fingerprint density at radius 2 is 2.20 bits per heavy atom. The van der Waals surface area contributed by atoms with E-state index in [-0.39, 0.29) is 12.0 Å². The van der Waals surface area contributed by atoms with E-state index in [2.05, 4.69) is 9.64 Å². The molecule has 1 fully saturated rings. The second kappa shape index (κ2) is 6.45. The molecule has 1 heterocycles. The quantitative estimate of drug-likeness (QED) is 0.904. The van der Waals surface area contributed by atoms with Gasteiger partial charge < -0.3 is 9.84 Å². The van der Waals surface area contributed by atoms with Crippen LogP contribution in [0.4, 0.5) is 13.2 Å². The zero-order chi connectivity index (χ0) is 14.7. The van der Waals surface area contributed by atoms with E-state index >= 15 is 0 Å². The second-order valence-corrected chi connectivity index (χ2v) is 5.17. The van der Waals surface area contributed by atoms with Crippen LogP contribution in [0.1, 0.15) is 18.9 Å². The molecule has 1 aliphatic rings. The van der Waals surface area contributed by atoms with Crippen molar-refractivity contribution in [2.24, 2.45) is 5.92 Å². The number of benzene rings is 1. The molecular weight excluding hydrogens is 271 g/mol. The Hall–Kier alpha value is -1.27. The van der Waals surface area contributed by atoms with E-state index in [4.69, 9.17) is 0 Å². The number of halogens is 3. The minimum atomic E-state index is -3.03. The first-order valence-electron chi connectivity index (χ1n) is 6.59. The monoisotopic (exact) mass is 289 g/mol. The van der Waals surface area contributed by atoms with Crippen LogP contribution in [-0.4, -0.2) is 35.8 Å². The first kappa shape index (κ1) is 15.1. The fraction of sp³-hybridized carbons (Fsp3) is 0.571. The van der Waals surface area contributed by atoms with Crippen LogP contribution in [0, 0.1) is 11.7 Å². The van der Waals surface area contributed by atoms with Crippen LogP contribution in [-0.2, 0) is 6.54 Å². The van der Waals surface area contributed by atoms with Gasteiger partial charge in [0.05, 0.1) is 6.10 Å². The van der Waals surface area contributed by atoms with Gasteiger partial charge in [0.2, 0.25) is 0 Å². The van der Waals surface area contributed by atoms with Crippen molar-refractivity contribution < 1.29 is 23.0 Å². The summed E-state index contributed by atoms with van der Waals surface area (Å²) in [6.45, 7) is 0.876. The van der Waals surface area contributed by atoms with Gasteiger partial charge in [0.15, 0.2) is 11.6 Å². The molecule has 2 unspecified atom stereocenters. The third kappa shape index (κ3) is 3.86. The molecule has 0 saturated carbocycles. The molecule has 0 spiro atoms. The summed E-state index contributed by atoms with van der Waals surface area (Å²) < 4.78 is 41.7. The lowest BCUT2D eigenvalue weighted by atomic mass is 10.0. The van der Waals surface area contributed by atoms with E-state index in [0.29, 0.717) is 12.1 Å². The minimum Gasteiger partial charge on any atom is -0.432 e. The highest BCUT2D eigenvalue weighted by Crippen LogP contribution is 2.24. The molecule has 2 atom stereocenters. The summed E-state index contributed by atoms with van der Waals surface area (Å²) >= 11 is 0. The lowest BCUT2D eigenvalue weighted by Gasteiger charge is -2.17. The standard InChI is InChI=1S/C14H18F3NO2/c1-9(19)11-4-5-18(8-11)7-10-2-3-13(12(15)6-10)20-14(16)17/h2-3,6,9,11,14,19H,4-5,7-8H2,1H3. The molecule has 2 rings (SSSR count). The normalized spacial score (nSPS) is 21.4. The average molecular weight is 289 g/mol. The summed E-state index contributed by atoms with van der Waals surface area (Å²) in [5.41, 5.74) is 0.704. The molecule has 1 aliphatic heterocycles. The lowest BCUT2D eigenvalue weighted by Crippen LogP contribution is -2.24. The zero-order valence-electron chi connectivity index (χ0n) is 11.2. The van der Waals surface area contributed by atoms with Gasteiger partial charge in [-0.2, -0.15) is 8.78 Å². The summed E-state index contributed by atoms with van der Waals surface area (Å²) in [6.07, 6.45) is 0.561. The fourth-order valence-corrected chi connectivity index (χ4v) is 2.49. The van der Waals surface area contributed by atoms with Crippen LogP contribution in [0.15, 0.2) is 18.2 Å². The Kier molecular flexibility index (Phi) is 4.88. The number of hydrogen-bond acceptors (Lipinski definition) is 3. The molecule has 1 saturated heterocycles. The van der Waals surface area contributed by atoms with Crippen LogP contribution in [0.2, 0.25) is 0 Å². The predicted octanol–water partition coefficient (Wildman–Crippen LogP) is 2.63. The van der Waals surface area contributed by atoms with Gasteiger partial charge in [0.1, 0.15) is 0 Å². The maximum absolute atomic E-state index is 13.6. The SMILES string of the molecule is CC(O)C1CCN(Cc2ccc(OC(F)F)c(F)c2)C1. The number of hydrogen-bond donors (Lipinski definition) is 1. The van der Waals surface area contributed by atoms with Crippen molar-refractivity contribution in [3.05, 3.63) is 29.6 Å². The summed E-state index contributed by atoms with van der Waals surface area (Å²) in [5, 5.41) is 9.53. The van der Waals surface area contributed by atoms with Gasteiger partial charge in [-0.3, -0.25) is 4.90 Å². The topological polar surface area (TPSA) is 32.7 Å². The Bertz CT molecular complexity index is 454. The van der Waals surface area contributed by atoms with E-state index < -0.39 is 18.2 Å². The van der Waals surface area contributed by atoms with Crippen molar-refractivity contribution in [3.8, 4) is 5.75 Å². The number of alkyl halides is 2. The van der Waals surface area contributed by atoms with Crippen LogP contribution < -0.4 is 4.74 Å². The maximum atomic E-state index is 13.6. The summed E-state index contributed by atoms with van der Waals surface area (Å²) in [6, 6.07) is 4.02. The Morgan fingerprint density at radius 3 is 2.75 bits per heavy atom. The largest absolute Gasteiger partial charge is 0.432 e. The molecule has 0 aliphatic carbocycles. The highest BCUT2D eigenvalue weighted by Gasteiger charge is 2.26. The van der Waals surface area contributed by atoms with Gasteiger partial charge >= 0.3 is 6.61 Å². The van der Waals surface area contributed by atoms with Gasteiger partial charge in [-0.25, -0.2) is 4.39 Å². The number of nitrogens with zero attached hydrogens (tertiary/aromatic N) is 1. The van der Waals surface area contributed by atoms with Gasteiger partial charge in [-0.1, -0.05) is 6.07 Å². The van der Waals surface area contributed by atoms with Crippen LogP contribution in [0.3, 0.4) is 0 Å². The lowest BCUT2D eigenvalue weighted by molar-refractivity contribution is -0.0522. The molecule has 1 aromatic rings. The highest BCUT2D eigenvalue weighted by atomic mass is 19.3. The van der Waals surface area contributed by atoms with E-state index in [1.807, 2.05) is 0 Å². The maximum Gasteiger partial charge on any atom is 0.387 e. The van der Waals surface area contributed by atoms with Gasteiger partial charge in [0, 0.05) is 13.1 Å². The third-order valence-electron chi connectivity index (χ3n) is 3.61. The first-order chi connectivity index (χ1) is 9.45. The van der Waals surface area contributed by atoms with Crippen molar-refractivity contribution >= 4 is 0 Å². The molecular formula is C14H18F3NO2. The van der Waals surface area contributed by atoms with Crippen LogP contribution >= 0.6 is 0 Å². The highest BCUT2D eigenvalue weighted by molar-refractivity contribution is 5.29. The van der Waals surface area contributed by atoms with E-state index in [1.54, 1.807) is 13.0 Å². The van der Waals surface area contributed by atoms with E-state index in [0.717, 1.165) is 19.5 Å². The molecule has 0 bridgehead atoms. The average Bonchev–Trinajstić information content (AvgIpc) is 2.81. The van der Waals surface area contributed by atoms with Crippen LogP contribution in [0.25, 0.3) is 0 Å². The fourth-order valence-electron chi connectivity index (χ4n) is 2.49. The summed E-state index contributed by atoms with van der Waals surface area (Å²) in [5.74, 6) is -0.984. The zero-order valence-corrected chi connectivity index (χ0v) is 11.2. The van der Waals surface area contributed by atoms with Crippen molar-refractivity contribution in [1.82, 2.24) is 4.90 Å².